The molecule has 0 unspecified atom stereocenters. The monoisotopic (exact) mass is 611 g/mol. The zero-order chi connectivity index (χ0) is 31.2. The number of methoxy groups -OCH3 is 1. The largest absolute Gasteiger partial charge is 0.493 e. The third kappa shape index (κ3) is 7.04. The van der Waals surface area contributed by atoms with Gasteiger partial charge in [-0.15, -0.1) is 5.10 Å². The van der Waals surface area contributed by atoms with Crippen molar-refractivity contribution < 1.29 is 27.8 Å². The number of hydrogen-bond donors (Lipinski definition) is 0. The van der Waals surface area contributed by atoms with Crippen molar-refractivity contribution in [3.63, 3.8) is 0 Å². The van der Waals surface area contributed by atoms with Crippen molar-refractivity contribution in [2.45, 2.75) is 33.5 Å². The van der Waals surface area contributed by atoms with Gasteiger partial charge in [-0.2, -0.15) is 0 Å². The van der Waals surface area contributed by atoms with Gasteiger partial charge >= 0.3 is 0 Å². The Balaban J connectivity index is 1.14. The molecule has 1 aliphatic rings. The summed E-state index contributed by atoms with van der Waals surface area (Å²) in [5.74, 6) is 3.23. The molecule has 0 spiro atoms. The number of ether oxygens (including phenoxy) is 3. The molecule has 234 valence electrons. The lowest BCUT2D eigenvalue weighted by Gasteiger charge is -2.34. The lowest BCUT2D eigenvalue weighted by atomic mass is 10.2. The molecule has 11 nitrogen and oxygen atoms in total. The van der Waals surface area contributed by atoms with E-state index < -0.39 is 0 Å². The summed E-state index contributed by atoms with van der Waals surface area (Å²) in [5.41, 5.74) is 3.16. The number of nitrogens with zero attached hydrogens (tertiary/aromatic N) is 5. The fraction of sp³-hybridized carbons (Fsp3) is 0.324. The molecule has 6 rings (SSSR count). The molecule has 45 heavy (non-hydrogen) atoms. The molecule has 1 saturated heterocycles. The van der Waals surface area contributed by atoms with Gasteiger partial charge in [-0.25, -0.2) is 9.67 Å². The highest BCUT2D eigenvalue weighted by atomic mass is 16.5. The normalized spacial score (nSPS) is 13.6. The first-order valence-electron chi connectivity index (χ1n) is 15.1. The van der Waals surface area contributed by atoms with Gasteiger partial charge in [-0.1, -0.05) is 31.2 Å². The molecule has 11 heteroatoms. The van der Waals surface area contributed by atoms with Crippen molar-refractivity contribution in [3.8, 4) is 34.7 Å². The number of likely N-dealkylation sites (N-methyl/N-ethyl adjacent to an activating group) is 1. The van der Waals surface area contributed by atoms with Crippen LogP contribution in [0.5, 0.6) is 17.4 Å². The van der Waals surface area contributed by atoms with E-state index in [9.17, 15) is 4.79 Å². The Bertz CT molecular complexity index is 1700. The van der Waals surface area contributed by atoms with Gasteiger partial charge in [0.2, 0.25) is 11.8 Å². The topological polar surface area (TPSA) is 108 Å². The summed E-state index contributed by atoms with van der Waals surface area (Å²) in [4.78, 5) is 22.1. The van der Waals surface area contributed by atoms with E-state index in [0.29, 0.717) is 40.5 Å². The van der Waals surface area contributed by atoms with Gasteiger partial charge in [0.1, 0.15) is 24.7 Å². The molecular weight excluding hydrogens is 574 g/mol. The van der Waals surface area contributed by atoms with Gasteiger partial charge in [-0.05, 0) is 55.4 Å². The average molecular weight is 612 g/mol. The average Bonchev–Trinajstić information content (AvgIpc) is 3.84. The SMILES string of the molecule is CCN1CCN(C(=O)Cc2cn(-c3ccccc3)nc2OCc2ccc(OCc3nc(-c4ccco4)oc3C)c(OC)c2)CC1. The smallest absolute Gasteiger partial charge is 0.263 e. The minimum absolute atomic E-state index is 0.0741. The number of benzene rings is 2. The van der Waals surface area contributed by atoms with Crippen LogP contribution in [0.1, 0.15) is 29.5 Å². The van der Waals surface area contributed by atoms with Gasteiger partial charge in [-0.3, -0.25) is 4.79 Å². The lowest BCUT2D eigenvalue weighted by molar-refractivity contribution is -0.132. The molecule has 5 aromatic rings. The highest BCUT2D eigenvalue weighted by molar-refractivity contribution is 5.79. The lowest BCUT2D eigenvalue weighted by Crippen LogP contribution is -2.48. The van der Waals surface area contributed by atoms with Crippen LogP contribution in [-0.2, 0) is 24.4 Å². The molecule has 3 aromatic heterocycles. The number of carbonyl (C=O) groups excluding carboxylic acids is 1. The van der Waals surface area contributed by atoms with Gasteiger partial charge in [0, 0.05) is 37.9 Å². The Kier molecular flexibility index (Phi) is 9.16. The summed E-state index contributed by atoms with van der Waals surface area (Å²) in [5, 5.41) is 4.71. The van der Waals surface area contributed by atoms with E-state index in [-0.39, 0.29) is 25.5 Å². The Morgan fingerprint density at radius 1 is 0.956 bits per heavy atom. The number of para-hydroxylation sites is 1. The number of aromatic nitrogens is 3. The Labute approximate surface area is 261 Å². The van der Waals surface area contributed by atoms with Crippen LogP contribution in [0.3, 0.4) is 0 Å². The van der Waals surface area contributed by atoms with E-state index in [1.807, 2.05) is 66.6 Å². The first-order chi connectivity index (χ1) is 22.0. The Morgan fingerprint density at radius 3 is 2.51 bits per heavy atom. The summed E-state index contributed by atoms with van der Waals surface area (Å²) >= 11 is 0. The standard InChI is InChI=1S/C34H37N5O6/c1-4-37-14-16-38(17-15-37)32(40)20-26-21-39(27-9-6-5-7-10-27)36-33(26)44-22-25-12-13-29(31(19-25)41-3)43-23-28-24(2)45-34(35-28)30-11-8-18-42-30/h5-13,18-19,21H,4,14-17,20,22-23H2,1-3H3. The Hall–Kier alpha value is -5.03. The maximum absolute atomic E-state index is 13.3. The fourth-order valence-electron chi connectivity index (χ4n) is 5.22. The number of piperazine rings is 1. The van der Waals surface area contributed by atoms with E-state index in [4.69, 9.17) is 28.1 Å². The van der Waals surface area contributed by atoms with Crippen LogP contribution in [0, 0.1) is 6.92 Å². The van der Waals surface area contributed by atoms with Crippen molar-refractivity contribution in [1.82, 2.24) is 24.6 Å². The maximum atomic E-state index is 13.3. The molecule has 0 radical (unpaired) electrons. The van der Waals surface area contributed by atoms with Crippen LogP contribution in [0.15, 0.2) is 82.0 Å². The van der Waals surface area contributed by atoms with Gasteiger partial charge in [0.05, 0.1) is 25.5 Å². The second kappa shape index (κ2) is 13.7. The minimum atomic E-state index is 0.0741. The molecule has 1 aliphatic heterocycles. The molecular formula is C34H37N5O6. The minimum Gasteiger partial charge on any atom is -0.493 e. The fourth-order valence-corrected chi connectivity index (χ4v) is 5.22. The van der Waals surface area contributed by atoms with Crippen LogP contribution in [0.25, 0.3) is 17.3 Å². The van der Waals surface area contributed by atoms with E-state index in [0.717, 1.165) is 49.5 Å². The number of amides is 1. The molecule has 2 aromatic carbocycles. The van der Waals surface area contributed by atoms with Crippen molar-refractivity contribution >= 4 is 5.91 Å². The zero-order valence-corrected chi connectivity index (χ0v) is 25.8. The summed E-state index contributed by atoms with van der Waals surface area (Å²) in [6.45, 7) is 8.64. The van der Waals surface area contributed by atoms with E-state index in [2.05, 4.69) is 16.8 Å². The van der Waals surface area contributed by atoms with E-state index in [1.54, 1.807) is 30.2 Å². The first-order valence-corrected chi connectivity index (χ1v) is 15.1. The number of aryl methyl sites for hydroxylation is 1. The van der Waals surface area contributed by atoms with Gasteiger partial charge < -0.3 is 32.8 Å². The molecule has 1 fully saturated rings. The highest BCUT2D eigenvalue weighted by Crippen LogP contribution is 2.31. The van der Waals surface area contributed by atoms with Gasteiger partial charge in [0.25, 0.3) is 5.89 Å². The number of rotatable bonds is 12. The molecule has 1 amide bonds. The van der Waals surface area contributed by atoms with E-state index in [1.165, 1.54) is 0 Å². The number of furan rings is 1. The predicted octanol–water partition coefficient (Wildman–Crippen LogP) is 5.30. The van der Waals surface area contributed by atoms with Crippen LogP contribution in [-0.4, -0.2) is 70.3 Å². The molecule has 0 aliphatic carbocycles. The second-order valence-corrected chi connectivity index (χ2v) is 10.8. The first kappa shape index (κ1) is 30.0. The second-order valence-electron chi connectivity index (χ2n) is 10.8. The van der Waals surface area contributed by atoms with Gasteiger partial charge in [0.15, 0.2) is 17.3 Å². The predicted molar refractivity (Wildman–Crippen MR) is 167 cm³/mol. The summed E-state index contributed by atoms with van der Waals surface area (Å²) < 4.78 is 30.8. The highest BCUT2D eigenvalue weighted by Gasteiger charge is 2.23. The summed E-state index contributed by atoms with van der Waals surface area (Å²) in [6.07, 6.45) is 3.67. The molecule has 4 heterocycles. The summed E-state index contributed by atoms with van der Waals surface area (Å²) in [7, 11) is 1.59. The van der Waals surface area contributed by atoms with Crippen LogP contribution < -0.4 is 14.2 Å². The number of hydrogen-bond acceptors (Lipinski definition) is 9. The van der Waals surface area contributed by atoms with Crippen molar-refractivity contribution in [2.75, 3.05) is 39.8 Å². The third-order valence-corrected chi connectivity index (χ3v) is 7.88. The van der Waals surface area contributed by atoms with Crippen molar-refractivity contribution in [3.05, 3.63) is 95.7 Å². The van der Waals surface area contributed by atoms with Crippen molar-refractivity contribution in [1.29, 1.82) is 0 Å². The maximum Gasteiger partial charge on any atom is 0.263 e. The molecule has 0 atom stereocenters. The summed E-state index contributed by atoms with van der Waals surface area (Å²) in [6, 6.07) is 19.0. The molecule has 0 N–H and O–H groups in total. The third-order valence-electron chi connectivity index (χ3n) is 7.88. The van der Waals surface area contributed by atoms with Crippen molar-refractivity contribution in [2.24, 2.45) is 0 Å². The molecule has 0 bridgehead atoms. The van der Waals surface area contributed by atoms with Crippen LogP contribution in [0.2, 0.25) is 0 Å². The van der Waals surface area contributed by atoms with E-state index >= 15 is 0 Å². The van der Waals surface area contributed by atoms with Crippen LogP contribution in [0.4, 0.5) is 0 Å². The van der Waals surface area contributed by atoms with Crippen LogP contribution >= 0.6 is 0 Å². The molecule has 0 saturated carbocycles. The quantitative estimate of drug-likeness (QED) is 0.186. The Morgan fingerprint density at radius 2 is 1.78 bits per heavy atom. The number of oxazole rings is 1. The zero-order valence-electron chi connectivity index (χ0n) is 25.8. The number of carbonyl (C=O) groups is 1.